The van der Waals surface area contributed by atoms with E-state index in [2.05, 4.69) is 15.4 Å². The normalized spacial score (nSPS) is 23.4. The Hall–Kier alpha value is -2.06. The number of allylic oxidation sites excluding steroid dienone is 1. The predicted molar refractivity (Wildman–Crippen MR) is 43.8 cm³/mol. The Balaban J connectivity index is 2.51. The molecule has 2 aliphatic rings. The Morgan fingerprint density at radius 1 is 1.50 bits per heavy atom. The van der Waals surface area contributed by atoms with Crippen LogP contribution in [0, 0.1) is 0 Å². The number of hydrogen-bond donors (Lipinski definition) is 1. The first-order valence-electron chi connectivity index (χ1n) is 4.04. The fraction of sp³-hybridized carbons (Fsp3) is 0.286. The lowest BCUT2D eigenvalue weighted by molar-refractivity contribution is -0.299. The molecule has 0 amide bonds. The van der Waals surface area contributed by atoms with Gasteiger partial charge >= 0.3 is 6.18 Å². The van der Waals surface area contributed by atoms with Crippen molar-refractivity contribution in [3.05, 3.63) is 11.3 Å². The summed E-state index contributed by atoms with van der Waals surface area (Å²) >= 11 is 0. The minimum atomic E-state index is -4.83. The van der Waals surface area contributed by atoms with Crippen molar-refractivity contribution in [2.45, 2.75) is 12.5 Å². The van der Waals surface area contributed by atoms with E-state index >= 15 is 0 Å². The summed E-state index contributed by atoms with van der Waals surface area (Å²) in [5.41, 5.74) is -0.238. The average molecular weight is 233 g/mol. The van der Waals surface area contributed by atoms with Crippen LogP contribution in [0.3, 0.4) is 0 Å². The van der Waals surface area contributed by atoms with Crippen molar-refractivity contribution in [3.8, 4) is 0 Å². The number of fused-ring (bicyclic) bond motifs is 1. The lowest BCUT2D eigenvalue weighted by atomic mass is 10.2. The van der Waals surface area contributed by atoms with Crippen LogP contribution in [-0.4, -0.2) is 36.0 Å². The molecular formula is C7H4F3N4O2-. The zero-order chi connectivity index (χ0) is 11.9. The third kappa shape index (κ3) is 1.49. The van der Waals surface area contributed by atoms with Gasteiger partial charge in [0, 0.05) is 11.8 Å². The number of hydrazine groups is 1. The first kappa shape index (κ1) is 10.5. The Labute approximate surface area is 86.8 Å². The van der Waals surface area contributed by atoms with Gasteiger partial charge in [0.15, 0.2) is 5.70 Å². The van der Waals surface area contributed by atoms with Crippen LogP contribution in [0.1, 0.15) is 0 Å². The van der Waals surface area contributed by atoms with E-state index in [1.54, 1.807) is 0 Å². The molecule has 0 aromatic carbocycles. The van der Waals surface area contributed by atoms with Gasteiger partial charge in [-0.2, -0.15) is 13.2 Å². The molecule has 0 aromatic heterocycles. The molecule has 0 fully saturated rings. The van der Waals surface area contributed by atoms with E-state index in [0.29, 0.717) is 11.2 Å². The Morgan fingerprint density at radius 2 is 2.19 bits per heavy atom. The van der Waals surface area contributed by atoms with Crippen LogP contribution in [0.5, 0.6) is 0 Å². The summed E-state index contributed by atoms with van der Waals surface area (Å²) in [7, 11) is 0. The summed E-state index contributed by atoms with van der Waals surface area (Å²) in [6.07, 6.45) is -4.35. The Bertz CT molecular complexity index is 426. The monoisotopic (exact) mass is 233 g/mol. The summed E-state index contributed by atoms with van der Waals surface area (Å²) < 4.78 is 37.9. The molecule has 0 bridgehead atoms. The molecule has 1 N–H and O–H groups in total. The van der Waals surface area contributed by atoms with Gasteiger partial charge in [-0.05, 0) is 0 Å². The maximum atomic E-state index is 12.6. The van der Waals surface area contributed by atoms with Crippen molar-refractivity contribution in [3.63, 3.8) is 0 Å². The van der Waals surface area contributed by atoms with E-state index in [0.717, 1.165) is 6.34 Å². The van der Waals surface area contributed by atoms with E-state index in [9.17, 15) is 23.1 Å². The Morgan fingerprint density at radius 3 is 2.75 bits per heavy atom. The van der Waals surface area contributed by atoms with Crippen LogP contribution in [0.15, 0.2) is 21.3 Å². The fourth-order valence-electron chi connectivity index (χ4n) is 1.35. The molecule has 2 rings (SSSR count). The highest BCUT2D eigenvalue weighted by atomic mass is 19.4. The number of halogens is 3. The van der Waals surface area contributed by atoms with Gasteiger partial charge in [0.25, 0.3) is 0 Å². The quantitative estimate of drug-likeness (QED) is 0.615. The predicted octanol–water partition coefficient (Wildman–Crippen LogP) is -1.23. The number of aliphatic carboxylic acids is 1. The molecule has 0 saturated carbocycles. The highest BCUT2D eigenvalue weighted by Gasteiger charge is 2.45. The van der Waals surface area contributed by atoms with Crippen molar-refractivity contribution < 1.29 is 23.1 Å². The number of carbonyl (C=O) groups excluding carboxylic acids is 1. The minimum Gasteiger partial charge on any atom is -0.545 e. The first-order chi connectivity index (χ1) is 7.41. The molecule has 1 unspecified atom stereocenters. The van der Waals surface area contributed by atoms with Gasteiger partial charge in [-0.15, -0.1) is 0 Å². The topological polar surface area (TPSA) is 80.1 Å². The van der Waals surface area contributed by atoms with Crippen molar-refractivity contribution in [2.75, 3.05) is 0 Å². The zero-order valence-corrected chi connectivity index (χ0v) is 7.52. The second-order valence-corrected chi connectivity index (χ2v) is 2.95. The van der Waals surface area contributed by atoms with Crippen molar-refractivity contribution in [1.29, 1.82) is 0 Å². The highest BCUT2D eigenvalue weighted by Crippen LogP contribution is 2.34. The van der Waals surface area contributed by atoms with Crippen LogP contribution in [-0.2, 0) is 4.79 Å². The third-order valence-electron chi connectivity index (χ3n) is 1.96. The molecular weight excluding hydrogens is 229 g/mol. The highest BCUT2D eigenvalue weighted by molar-refractivity contribution is 6.09. The standard InChI is InChI=1S/C7H5F3N4O2/c8-7(9,10)4-3(5(15)16)1-11-6-12-2-13-14(4)6/h1-2,6H,(H,12,13)(H,15,16)/p-1. The maximum Gasteiger partial charge on any atom is 0.433 e. The van der Waals surface area contributed by atoms with Gasteiger partial charge < -0.3 is 9.90 Å². The van der Waals surface area contributed by atoms with Gasteiger partial charge in [0.1, 0.15) is 6.34 Å². The summed E-state index contributed by atoms with van der Waals surface area (Å²) in [5, 5.41) is 11.1. The molecule has 6 nitrogen and oxygen atoms in total. The summed E-state index contributed by atoms with van der Waals surface area (Å²) in [6, 6.07) is 0. The number of alkyl halides is 3. The number of carbonyl (C=O) groups is 1. The van der Waals surface area contributed by atoms with Crippen molar-refractivity contribution in [1.82, 2.24) is 10.4 Å². The number of carboxylic acid groups (broad SMARTS) is 1. The minimum absolute atomic E-state index is 0.519. The lowest BCUT2D eigenvalue weighted by Gasteiger charge is -2.31. The van der Waals surface area contributed by atoms with E-state index < -0.39 is 29.7 Å². The third-order valence-corrected chi connectivity index (χ3v) is 1.96. The second-order valence-electron chi connectivity index (χ2n) is 2.95. The van der Waals surface area contributed by atoms with E-state index in [4.69, 9.17) is 0 Å². The first-order valence-corrected chi connectivity index (χ1v) is 4.04. The SMILES string of the molecule is O=C([O-])C1=C(C(F)(F)F)N2NC=NC2N=C1. The smallest absolute Gasteiger partial charge is 0.433 e. The molecule has 1 atom stereocenters. The van der Waals surface area contributed by atoms with Gasteiger partial charge in [0.2, 0.25) is 6.29 Å². The van der Waals surface area contributed by atoms with Crippen LogP contribution >= 0.6 is 0 Å². The van der Waals surface area contributed by atoms with Crippen LogP contribution in [0.25, 0.3) is 0 Å². The molecule has 16 heavy (non-hydrogen) atoms. The van der Waals surface area contributed by atoms with E-state index in [1.165, 1.54) is 0 Å². The molecule has 0 spiro atoms. The van der Waals surface area contributed by atoms with Crippen LogP contribution < -0.4 is 10.5 Å². The zero-order valence-electron chi connectivity index (χ0n) is 7.52. The van der Waals surface area contributed by atoms with Gasteiger partial charge in [-0.3, -0.25) is 5.43 Å². The summed E-state index contributed by atoms with van der Waals surface area (Å²) in [6.45, 7) is 0. The van der Waals surface area contributed by atoms with Crippen molar-refractivity contribution in [2.24, 2.45) is 9.98 Å². The van der Waals surface area contributed by atoms with Gasteiger partial charge in [0.05, 0.1) is 5.97 Å². The molecule has 0 aromatic rings. The van der Waals surface area contributed by atoms with Crippen LogP contribution in [0.2, 0.25) is 0 Å². The number of nitrogens with zero attached hydrogens (tertiary/aromatic N) is 3. The number of aliphatic imine (C=N–C) groups is 2. The molecule has 0 aliphatic carbocycles. The molecule has 9 heteroatoms. The largest absolute Gasteiger partial charge is 0.545 e. The molecule has 0 radical (unpaired) electrons. The molecule has 2 heterocycles. The lowest BCUT2D eigenvalue weighted by Crippen LogP contribution is -2.47. The fourth-order valence-corrected chi connectivity index (χ4v) is 1.35. The van der Waals surface area contributed by atoms with Gasteiger partial charge in [-0.1, -0.05) is 0 Å². The second kappa shape index (κ2) is 3.22. The number of nitrogens with one attached hydrogen (secondary N) is 1. The number of hydrogen-bond acceptors (Lipinski definition) is 6. The number of rotatable bonds is 1. The van der Waals surface area contributed by atoms with E-state index in [-0.39, 0.29) is 0 Å². The van der Waals surface area contributed by atoms with Gasteiger partial charge in [-0.25, -0.2) is 15.0 Å². The average Bonchev–Trinajstić information content (AvgIpc) is 2.61. The van der Waals surface area contributed by atoms with Crippen LogP contribution in [0.4, 0.5) is 13.2 Å². The molecule has 2 aliphatic heterocycles. The maximum absolute atomic E-state index is 12.6. The van der Waals surface area contributed by atoms with Crippen molar-refractivity contribution >= 4 is 18.5 Å². The number of carboxylic acids is 1. The molecule has 0 saturated heterocycles. The molecule has 86 valence electrons. The summed E-state index contributed by atoms with van der Waals surface area (Å²) in [5.74, 6) is -1.94. The Kier molecular flexibility index (Phi) is 2.10. The summed E-state index contributed by atoms with van der Waals surface area (Å²) in [4.78, 5) is 17.6. The van der Waals surface area contributed by atoms with E-state index in [1.807, 2.05) is 0 Å².